The molecule has 24 heavy (non-hydrogen) atoms. The summed E-state index contributed by atoms with van der Waals surface area (Å²) < 4.78 is 5.31. The van der Waals surface area contributed by atoms with Crippen LogP contribution in [0.5, 0.6) is 5.75 Å². The molecule has 0 saturated carbocycles. The number of aromatic nitrogens is 2. The van der Waals surface area contributed by atoms with Gasteiger partial charge in [0, 0.05) is 19.2 Å². The topological polar surface area (TPSA) is 76.1 Å². The molecule has 0 aliphatic heterocycles. The standard InChI is InChI=1S/C18H24N4O2/c1-4-10-19-17-12-15(21-13(2)22-17)18(23)20-11-9-14-7-5-6-8-16(14)24-3/h5-8,12H,4,9-11H2,1-3H3,(H,20,23)(H,19,21,22). The number of carbonyl (C=O) groups excluding carboxylic acids is 1. The van der Waals surface area contributed by atoms with Crippen LogP contribution in [-0.2, 0) is 6.42 Å². The Morgan fingerprint density at radius 1 is 1.21 bits per heavy atom. The lowest BCUT2D eigenvalue weighted by molar-refractivity contribution is 0.0948. The highest BCUT2D eigenvalue weighted by Crippen LogP contribution is 2.17. The first kappa shape index (κ1) is 17.7. The lowest BCUT2D eigenvalue weighted by Crippen LogP contribution is -2.27. The third kappa shape index (κ3) is 4.94. The van der Waals surface area contributed by atoms with E-state index in [9.17, 15) is 4.79 Å². The Morgan fingerprint density at radius 2 is 2.00 bits per heavy atom. The fourth-order valence-electron chi connectivity index (χ4n) is 2.34. The van der Waals surface area contributed by atoms with E-state index in [1.807, 2.05) is 24.3 Å². The van der Waals surface area contributed by atoms with Crippen molar-refractivity contribution in [1.29, 1.82) is 0 Å². The molecule has 0 aliphatic rings. The molecule has 0 aliphatic carbocycles. The van der Waals surface area contributed by atoms with Crippen LogP contribution in [0.1, 0.15) is 35.2 Å². The van der Waals surface area contributed by atoms with Crippen LogP contribution in [0.25, 0.3) is 0 Å². The third-order valence-corrected chi connectivity index (χ3v) is 3.50. The molecule has 6 heteroatoms. The van der Waals surface area contributed by atoms with E-state index >= 15 is 0 Å². The van der Waals surface area contributed by atoms with Gasteiger partial charge < -0.3 is 15.4 Å². The molecule has 128 valence electrons. The van der Waals surface area contributed by atoms with Gasteiger partial charge in [0.05, 0.1) is 7.11 Å². The molecular formula is C18H24N4O2. The summed E-state index contributed by atoms with van der Waals surface area (Å²) in [6.45, 7) is 5.18. The van der Waals surface area contributed by atoms with E-state index in [-0.39, 0.29) is 5.91 Å². The summed E-state index contributed by atoms with van der Waals surface area (Å²) in [4.78, 5) is 20.8. The number of carbonyl (C=O) groups is 1. The van der Waals surface area contributed by atoms with Gasteiger partial charge in [0.15, 0.2) is 0 Å². The molecule has 2 aromatic rings. The molecule has 2 N–H and O–H groups in total. The van der Waals surface area contributed by atoms with E-state index in [4.69, 9.17) is 4.74 Å². The van der Waals surface area contributed by atoms with E-state index in [0.717, 1.165) is 24.3 Å². The molecular weight excluding hydrogens is 304 g/mol. The number of ether oxygens (including phenoxy) is 1. The van der Waals surface area contributed by atoms with Gasteiger partial charge in [-0.05, 0) is 31.4 Å². The molecule has 0 radical (unpaired) electrons. The number of hydrogen-bond donors (Lipinski definition) is 2. The van der Waals surface area contributed by atoms with Gasteiger partial charge in [-0.3, -0.25) is 4.79 Å². The smallest absolute Gasteiger partial charge is 0.270 e. The SMILES string of the molecule is CCCNc1cc(C(=O)NCCc2ccccc2OC)nc(C)n1. The van der Waals surface area contributed by atoms with Crippen molar-refractivity contribution in [1.82, 2.24) is 15.3 Å². The normalized spacial score (nSPS) is 10.3. The molecule has 1 amide bonds. The quantitative estimate of drug-likeness (QED) is 0.779. The predicted octanol–water partition coefficient (Wildman–Crippen LogP) is 2.59. The maximum Gasteiger partial charge on any atom is 0.270 e. The van der Waals surface area contributed by atoms with Crippen molar-refractivity contribution in [2.24, 2.45) is 0 Å². The van der Waals surface area contributed by atoms with Crippen LogP contribution in [0, 0.1) is 6.92 Å². The Hall–Kier alpha value is -2.63. The van der Waals surface area contributed by atoms with Gasteiger partial charge in [-0.15, -0.1) is 0 Å². The molecule has 1 heterocycles. The minimum absolute atomic E-state index is 0.199. The van der Waals surface area contributed by atoms with E-state index in [1.165, 1.54) is 0 Å². The molecule has 0 spiro atoms. The number of nitrogens with zero attached hydrogens (tertiary/aromatic N) is 2. The second-order valence-corrected chi connectivity index (χ2v) is 5.43. The average Bonchev–Trinajstić information content (AvgIpc) is 2.59. The lowest BCUT2D eigenvalue weighted by Gasteiger charge is -2.10. The van der Waals surface area contributed by atoms with Gasteiger partial charge in [0.2, 0.25) is 0 Å². The van der Waals surface area contributed by atoms with E-state index in [0.29, 0.717) is 30.3 Å². The van der Waals surface area contributed by atoms with Gasteiger partial charge in [-0.2, -0.15) is 0 Å². The van der Waals surface area contributed by atoms with Crippen LogP contribution in [-0.4, -0.2) is 36.1 Å². The highest BCUT2D eigenvalue weighted by Gasteiger charge is 2.10. The van der Waals surface area contributed by atoms with Crippen molar-refractivity contribution in [2.75, 3.05) is 25.5 Å². The van der Waals surface area contributed by atoms with E-state index in [1.54, 1.807) is 20.1 Å². The van der Waals surface area contributed by atoms with Crippen LogP contribution >= 0.6 is 0 Å². The number of hydrogen-bond acceptors (Lipinski definition) is 5. The van der Waals surface area contributed by atoms with Gasteiger partial charge >= 0.3 is 0 Å². The monoisotopic (exact) mass is 328 g/mol. The van der Waals surface area contributed by atoms with Crippen molar-refractivity contribution in [3.8, 4) is 5.75 Å². The minimum atomic E-state index is -0.199. The summed E-state index contributed by atoms with van der Waals surface area (Å²) in [7, 11) is 1.64. The molecule has 0 saturated heterocycles. The molecule has 1 aromatic heterocycles. The number of para-hydroxylation sites is 1. The minimum Gasteiger partial charge on any atom is -0.496 e. The fraction of sp³-hybridized carbons (Fsp3) is 0.389. The highest BCUT2D eigenvalue weighted by molar-refractivity contribution is 5.92. The summed E-state index contributed by atoms with van der Waals surface area (Å²) in [6.07, 6.45) is 1.68. The van der Waals surface area contributed by atoms with E-state index < -0.39 is 0 Å². The predicted molar refractivity (Wildman–Crippen MR) is 94.6 cm³/mol. The maximum absolute atomic E-state index is 12.3. The number of rotatable bonds is 8. The van der Waals surface area contributed by atoms with Crippen LogP contribution in [0.2, 0.25) is 0 Å². The van der Waals surface area contributed by atoms with Crippen LogP contribution in [0.15, 0.2) is 30.3 Å². The highest BCUT2D eigenvalue weighted by atomic mass is 16.5. The zero-order valence-corrected chi connectivity index (χ0v) is 14.4. The van der Waals surface area contributed by atoms with Crippen molar-refractivity contribution in [2.45, 2.75) is 26.7 Å². The van der Waals surface area contributed by atoms with Crippen LogP contribution in [0.4, 0.5) is 5.82 Å². The molecule has 1 aromatic carbocycles. The summed E-state index contributed by atoms with van der Waals surface area (Å²) in [5, 5.41) is 6.08. The molecule has 0 bridgehead atoms. The van der Waals surface area contributed by atoms with Gasteiger partial charge in [-0.1, -0.05) is 25.1 Å². The van der Waals surface area contributed by atoms with Crippen molar-refractivity contribution < 1.29 is 9.53 Å². The average molecular weight is 328 g/mol. The molecule has 0 atom stereocenters. The number of amides is 1. The Labute approximate surface area is 142 Å². The number of benzene rings is 1. The Kier molecular flexibility index (Phi) is 6.54. The Morgan fingerprint density at radius 3 is 2.75 bits per heavy atom. The first-order valence-corrected chi connectivity index (χ1v) is 8.13. The Bertz CT molecular complexity index is 688. The number of aryl methyl sites for hydroxylation is 1. The zero-order chi connectivity index (χ0) is 17.4. The maximum atomic E-state index is 12.3. The van der Waals surface area contributed by atoms with E-state index in [2.05, 4.69) is 27.5 Å². The number of anilines is 1. The van der Waals surface area contributed by atoms with Crippen molar-refractivity contribution >= 4 is 11.7 Å². The number of methoxy groups -OCH3 is 1. The summed E-state index contributed by atoms with van der Waals surface area (Å²) in [5.41, 5.74) is 1.44. The first-order chi connectivity index (χ1) is 11.6. The molecule has 6 nitrogen and oxygen atoms in total. The first-order valence-electron chi connectivity index (χ1n) is 8.13. The summed E-state index contributed by atoms with van der Waals surface area (Å²) in [6, 6.07) is 9.47. The fourth-order valence-corrected chi connectivity index (χ4v) is 2.34. The second kappa shape index (κ2) is 8.86. The van der Waals surface area contributed by atoms with Gasteiger partial charge in [0.1, 0.15) is 23.1 Å². The number of nitrogens with one attached hydrogen (secondary N) is 2. The zero-order valence-electron chi connectivity index (χ0n) is 14.4. The molecule has 2 rings (SSSR count). The second-order valence-electron chi connectivity index (χ2n) is 5.43. The van der Waals surface area contributed by atoms with Crippen LogP contribution in [0.3, 0.4) is 0 Å². The molecule has 0 unspecified atom stereocenters. The molecule has 0 fully saturated rings. The lowest BCUT2D eigenvalue weighted by atomic mass is 10.1. The third-order valence-electron chi connectivity index (χ3n) is 3.50. The Balaban J connectivity index is 1.96. The largest absolute Gasteiger partial charge is 0.496 e. The van der Waals surface area contributed by atoms with Crippen molar-refractivity contribution in [3.05, 3.63) is 47.4 Å². The summed E-state index contributed by atoms with van der Waals surface area (Å²) in [5.74, 6) is 1.89. The van der Waals surface area contributed by atoms with Gasteiger partial charge in [0.25, 0.3) is 5.91 Å². The van der Waals surface area contributed by atoms with Crippen LogP contribution < -0.4 is 15.4 Å². The van der Waals surface area contributed by atoms with Gasteiger partial charge in [-0.25, -0.2) is 9.97 Å². The van der Waals surface area contributed by atoms with Crippen molar-refractivity contribution in [3.63, 3.8) is 0 Å². The summed E-state index contributed by atoms with van der Waals surface area (Å²) >= 11 is 0.